The van der Waals surface area contributed by atoms with Crippen LogP contribution in [0.15, 0.2) is 36.4 Å². The molecule has 1 atom stereocenters. The van der Waals surface area contributed by atoms with Crippen LogP contribution in [0.25, 0.3) is 0 Å². The Kier molecular flexibility index (Phi) is 5.65. The highest BCUT2D eigenvalue weighted by Crippen LogP contribution is 2.35. The molecule has 1 heterocycles. The molecule has 0 spiro atoms. The first-order chi connectivity index (χ1) is 13.2. The maximum absolute atomic E-state index is 13.0. The lowest BCUT2D eigenvalue weighted by atomic mass is 10.1. The van der Waals surface area contributed by atoms with Crippen LogP contribution in [0.2, 0.25) is 0 Å². The number of para-hydroxylation sites is 1. The van der Waals surface area contributed by atoms with Crippen molar-refractivity contribution >= 4 is 27.3 Å². The van der Waals surface area contributed by atoms with Crippen LogP contribution in [0, 0.1) is 13.8 Å². The van der Waals surface area contributed by atoms with Gasteiger partial charge < -0.3 is 10.1 Å². The van der Waals surface area contributed by atoms with E-state index >= 15 is 0 Å². The van der Waals surface area contributed by atoms with Crippen LogP contribution in [-0.4, -0.2) is 33.2 Å². The molecule has 0 fully saturated rings. The number of aryl methyl sites for hydroxylation is 3. The second-order valence-corrected chi connectivity index (χ2v) is 9.06. The van der Waals surface area contributed by atoms with Gasteiger partial charge in [-0.2, -0.15) is 0 Å². The summed E-state index contributed by atoms with van der Waals surface area (Å²) < 4.78 is 31.8. The van der Waals surface area contributed by atoms with E-state index in [1.54, 1.807) is 12.1 Å². The SMILES string of the molecule is CCc1cccc(C)c1NC(=O)C1CCN(S(C)(=O)=O)c2cc(C)ccc2O1. The molecule has 1 aliphatic rings. The topological polar surface area (TPSA) is 75.7 Å². The highest BCUT2D eigenvalue weighted by atomic mass is 32.2. The molecule has 0 saturated carbocycles. The second-order valence-electron chi connectivity index (χ2n) is 7.15. The lowest BCUT2D eigenvalue weighted by Gasteiger charge is -2.21. The number of ether oxygens (including phenoxy) is 1. The predicted molar refractivity (Wildman–Crippen MR) is 112 cm³/mol. The Morgan fingerprint density at radius 3 is 2.68 bits per heavy atom. The molecule has 28 heavy (non-hydrogen) atoms. The molecule has 1 N–H and O–H groups in total. The third-order valence-electron chi connectivity index (χ3n) is 4.93. The number of rotatable bonds is 4. The minimum absolute atomic E-state index is 0.182. The number of anilines is 2. The Bertz CT molecular complexity index is 1000. The van der Waals surface area contributed by atoms with E-state index in [-0.39, 0.29) is 18.9 Å². The summed E-state index contributed by atoms with van der Waals surface area (Å²) >= 11 is 0. The van der Waals surface area contributed by atoms with E-state index in [1.165, 1.54) is 10.6 Å². The van der Waals surface area contributed by atoms with Crippen LogP contribution in [0.1, 0.15) is 30.0 Å². The number of carbonyl (C=O) groups is 1. The van der Waals surface area contributed by atoms with Gasteiger partial charge in [-0.25, -0.2) is 8.42 Å². The van der Waals surface area contributed by atoms with Crippen LogP contribution in [0.3, 0.4) is 0 Å². The van der Waals surface area contributed by atoms with Crippen molar-refractivity contribution in [2.24, 2.45) is 0 Å². The lowest BCUT2D eigenvalue weighted by molar-refractivity contribution is -0.122. The lowest BCUT2D eigenvalue weighted by Crippen LogP contribution is -2.36. The molecule has 6 nitrogen and oxygen atoms in total. The van der Waals surface area contributed by atoms with Crippen molar-refractivity contribution in [3.05, 3.63) is 53.1 Å². The molecule has 7 heteroatoms. The summed E-state index contributed by atoms with van der Waals surface area (Å²) in [5, 5.41) is 2.99. The number of amides is 1. The van der Waals surface area contributed by atoms with Gasteiger partial charge >= 0.3 is 0 Å². The molecule has 0 bridgehead atoms. The number of benzene rings is 2. The fourth-order valence-electron chi connectivity index (χ4n) is 3.42. The van der Waals surface area contributed by atoms with Crippen molar-refractivity contribution < 1.29 is 17.9 Å². The summed E-state index contributed by atoms with van der Waals surface area (Å²) in [6.45, 7) is 6.06. The zero-order chi connectivity index (χ0) is 20.5. The number of nitrogens with zero attached hydrogens (tertiary/aromatic N) is 1. The first-order valence-electron chi connectivity index (χ1n) is 9.35. The average molecular weight is 403 g/mol. The summed E-state index contributed by atoms with van der Waals surface area (Å²) in [6, 6.07) is 11.2. The van der Waals surface area contributed by atoms with Gasteiger partial charge in [0, 0.05) is 18.7 Å². The third-order valence-corrected chi connectivity index (χ3v) is 6.11. The largest absolute Gasteiger partial charge is 0.478 e. The number of hydrogen-bond donors (Lipinski definition) is 1. The molecule has 1 unspecified atom stereocenters. The molecule has 0 radical (unpaired) electrons. The maximum Gasteiger partial charge on any atom is 0.265 e. The van der Waals surface area contributed by atoms with Crippen molar-refractivity contribution in [2.45, 2.75) is 39.7 Å². The summed E-state index contributed by atoms with van der Waals surface area (Å²) in [6.07, 6.45) is 1.45. The van der Waals surface area contributed by atoms with Gasteiger partial charge in [0.2, 0.25) is 10.0 Å². The van der Waals surface area contributed by atoms with Crippen LogP contribution in [0.5, 0.6) is 5.75 Å². The van der Waals surface area contributed by atoms with Crippen LogP contribution >= 0.6 is 0 Å². The van der Waals surface area contributed by atoms with Crippen LogP contribution in [0.4, 0.5) is 11.4 Å². The number of fused-ring (bicyclic) bond motifs is 1. The molecule has 1 amide bonds. The number of hydrogen-bond acceptors (Lipinski definition) is 4. The fourth-order valence-corrected chi connectivity index (χ4v) is 4.36. The smallest absolute Gasteiger partial charge is 0.265 e. The minimum atomic E-state index is -3.48. The molecule has 0 saturated heterocycles. The van der Waals surface area contributed by atoms with Gasteiger partial charge in [-0.1, -0.05) is 31.2 Å². The van der Waals surface area contributed by atoms with Gasteiger partial charge in [0.25, 0.3) is 5.91 Å². The van der Waals surface area contributed by atoms with Gasteiger partial charge in [-0.05, 0) is 49.1 Å². The first kappa shape index (κ1) is 20.2. The van der Waals surface area contributed by atoms with Gasteiger partial charge in [0.1, 0.15) is 5.75 Å². The molecule has 0 aliphatic carbocycles. The molecular formula is C21H26N2O4S. The normalized spacial score (nSPS) is 16.7. The summed E-state index contributed by atoms with van der Waals surface area (Å²) in [5.74, 6) is 0.125. The van der Waals surface area contributed by atoms with Gasteiger partial charge in [-0.3, -0.25) is 9.10 Å². The Balaban J connectivity index is 1.91. The Hall–Kier alpha value is -2.54. The van der Waals surface area contributed by atoms with Crippen LogP contribution < -0.4 is 14.4 Å². The van der Waals surface area contributed by atoms with Crippen molar-refractivity contribution in [3.63, 3.8) is 0 Å². The van der Waals surface area contributed by atoms with Crippen molar-refractivity contribution in [2.75, 3.05) is 22.4 Å². The molecular weight excluding hydrogens is 376 g/mol. The van der Waals surface area contributed by atoms with Crippen molar-refractivity contribution in [1.29, 1.82) is 0 Å². The third kappa shape index (κ3) is 4.14. The highest BCUT2D eigenvalue weighted by molar-refractivity contribution is 7.92. The average Bonchev–Trinajstić information content (AvgIpc) is 2.82. The van der Waals surface area contributed by atoms with Gasteiger partial charge in [0.05, 0.1) is 11.9 Å². The molecule has 1 aliphatic heterocycles. The van der Waals surface area contributed by atoms with Crippen molar-refractivity contribution in [1.82, 2.24) is 0 Å². The number of nitrogens with one attached hydrogen (secondary N) is 1. The molecule has 150 valence electrons. The predicted octanol–water partition coefficient (Wildman–Crippen LogP) is 3.42. The summed E-state index contributed by atoms with van der Waals surface area (Å²) in [4.78, 5) is 13.0. The number of carbonyl (C=O) groups excluding carboxylic acids is 1. The molecule has 0 aromatic heterocycles. The summed E-state index contributed by atoms with van der Waals surface area (Å²) in [7, 11) is -3.48. The minimum Gasteiger partial charge on any atom is -0.478 e. The highest BCUT2D eigenvalue weighted by Gasteiger charge is 2.31. The quantitative estimate of drug-likeness (QED) is 0.850. The van der Waals surface area contributed by atoms with E-state index in [2.05, 4.69) is 5.32 Å². The van der Waals surface area contributed by atoms with Crippen LogP contribution in [-0.2, 0) is 21.2 Å². The fraction of sp³-hybridized carbons (Fsp3) is 0.381. The van der Waals surface area contributed by atoms with Gasteiger partial charge in [0.15, 0.2) is 6.10 Å². The standard InChI is InChI=1S/C21H26N2O4S/c1-5-16-8-6-7-15(3)20(16)22-21(24)19-11-12-23(28(4,25)26)17-13-14(2)9-10-18(17)27-19/h6-10,13,19H,5,11-12H2,1-4H3,(H,22,24). The van der Waals surface area contributed by atoms with E-state index in [4.69, 9.17) is 4.74 Å². The van der Waals surface area contributed by atoms with E-state index < -0.39 is 16.1 Å². The maximum atomic E-state index is 13.0. The monoisotopic (exact) mass is 402 g/mol. The van der Waals surface area contributed by atoms with E-state index in [0.29, 0.717) is 11.4 Å². The second kappa shape index (κ2) is 7.83. The Labute approximate surface area is 166 Å². The molecule has 3 rings (SSSR count). The molecule has 2 aromatic rings. The zero-order valence-corrected chi connectivity index (χ0v) is 17.5. The Morgan fingerprint density at radius 2 is 2.00 bits per heavy atom. The first-order valence-corrected chi connectivity index (χ1v) is 11.2. The van der Waals surface area contributed by atoms with E-state index in [0.717, 1.165) is 28.8 Å². The van der Waals surface area contributed by atoms with E-state index in [9.17, 15) is 13.2 Å². The van der Waals surface area contributed by atoms with E-state index in [1.807, 2.05) is 45.0 Å². The summed E-state index contributed by atoms with van der Waals surface area (Å²) in [5.41, 5.74) is 4.23. The molecule has 2 aromatic carbocycles. The number of sulfonamides is 1. The zero-order valence-electron chi connectivity index (χ0n) is 16.7. The Morgan fingerprint density at radius 1 is 1.25 bits per heavy atom. The van der Waals surface area contributed by atoms with Crippen molar-refractivity contribution in [3.8, 4) is 5.75 Å². The van der Waals surface area contributed by atoms with Gasteiger partial charge in [-0.15, -0.1) is 0 Å².